The molecule has 0 atom stereocenters. The molecule has 0 fully saturated rings. The van der Waals surface area contributed by atoms with Crippen LogP contribution in [0.3, 0.4) is 0 Å². The highest BCUT2D eigenvalue weighted by Crippen LogP contribution is 2.51. The van der Waals surface area contributed by atoms with Gasteiger partial charge in [0, 0.05) is 48.9 Å². The number of para-hydroxylation sites is 1. The molecule has 2 aliphatic heterocycles. The van der Waals surface area contributed by atoms with Gasteiger partial charge in [-0.3, -0.25) is 0 Å². The van der Waals surface area contributed by atoms with E-state index >= 15 is 0 Å². The third-order valence-electron chi connectivity index (χ3n) is 13.3. The second kappa shape index (κ2) is 11.6. The Kier molecular flexibility index (Phi) is 7.33. The van der Waals surface area contributed by atoms with Gasteiger partial charge in [0.2, 0.25) is 0 Å². The topological polar surface area (TPSA) is 6.48 Å². The van der Waals surface area contributed by atoms with Gasteiger partial charge in [-0.05, 0) is 147 Å². The summed E-state index contributed by atoms with van der Waals surface area (Å²) in [5, 5.41) is 2.70. The van der Waals surface area contributed by atoms with Gasteiger partial charge in [0.1, 0.15) is 0 Å². The maximum atomic E-state index is 2.65. The lowest BCUT2D eigenvalue weighted by molar-refractivity contribution is 0.332. The first-order valence-corrected chi connectivity index (χ1v) is 21.0. The number of benzene rings is 6. The van der Waals surface area contributed by atoms with E-state index in [2.05, 4.69) is 182 Å². The molecule has 2 nitrogen and oxygen atoms in total. The molecule has 3 aliphatic rings. The standard InChI is InChI=1S/C51H51BN2S/c1-30-23-44-48-45(24-30)54(42-28-37-36(25-32(42)3)50(7,8)21-22-51(37,9)10)41-20-19-33(49(4,5)6)26-38(41)52(48)39-27-35-34-16-12-14-18-46(34)55-47(35)29-43(39)53(44)40-17-13-11-15-31(40)2/h11-20,23-29H,21-22H2,1-10H3. The summed E-state index contributed by atoms with van der Waals surface area (Å²) >= 11 is 1.91. The van der Waals surface area contributed by atoms with Gasteiger partial charge in [0.15, 0.2) is 0 Å². The average molecular weight is 735 g/mol. The van der Waals surface area contributed by atoms with Crippen LogP contribution in [-0.2, 0) is 16.2 Å². The first kappa shape index (κ1) is 34.7. The molecule has 1 aliphatic carbocycles. The van der Waals surface area contributed by atoms with Crippen molar-refractivity contribution in [3.8, 4) is 0 Å². The van der Waals surface area contributed by atoms with Gasteiger partial charge in [-0.1, -0.05) is 109 Å². The number of aryl methyl sites for hydroxylation is 3. The summed E-state index contributed by atoms with van der Waals surface area (Å²) in [7, 11) is 0. The second-order valence-corrected chi connectivity index (χ2v) is 20.2. The normalized spacial score (nSPS) is 16.6. The summed E-state index contributed by atoms with van der Waals surface area (Å²) in [6.07, 6.45) is 2.40. The highest BCUT2D eigenvalue weighted by molar-refractivity contribution is 7.26. The number of rotatable bonds is 2. The summed E-state index contributed by atoms with van der Waals surface area (Å²) in [5.74, 6) is 0. The average Bonchev–Trinajstić information content (AvgIpc) is 3.50. The molecule has 6 aromatic carbocycles. The lowest BCUT2D eigenvalue weighted by Gasteiger charge is -2.46. The van der Waals surface area contributed by atoms with Crippen LogP contribution in [0.2, 0.25) is 0 Å². The van der Waals surface area contributed by atoms with Gasteiger partial charge in [0.25, 0.3) is 6.71 Å². The molecule has 0 saturated heterocycles. The van der Waals surface area contributed by atoms with Crippen LogP contribution in [0.25, 0.3) is 20.2 Å². The van der Waals surface area contributed by atoms with Crippen LogP contribution >= 0.6 is 11.3 Å². The van der Waals surface area contributed by atoms with E-state index in [9.17, 15) is 0 Å². The largest absolute Gasteiger partial charge is 0.311 e. The van der Waals surface area contributed by atoms with Crippen LogP contribution in [0.5, 0.6) is 0 Å². The molecule has 0 bridgehead atoms. The van der Waals surface area contributed by atoms with Gasteiger partial charge >= 0.3 is 0 Å². The molecule has 3 heterocycles. The van der Waals surface area contributed by atoms with E-state index in [4.69, 9.17) is 0 Å². The Bertz CT molecular complexity index is 2760. The van der Waals surface area contributed by atoms with Crippen LogP contribution < -0.4 is 26.2 Å². The number of fused-ring (bicyclic) bond motifs is 8. The Hall–Kier alpha value is -4.80. The zero-order valence-electron chi connectivity index (χ0n) is 34.1. The van der Waals surface area contributed by atoms with Crippen molar-refractivity contribution >= 4 is 88.7 Å². The predicted molar refractivity (Wildman–Crippen MR) is 242 cm³/mol. The zero-order valence-corrected chi connectivity index (χ0v) is 34.9. The molecule has 10 rings (SSSR count). The predicted octanol–water partition coefficient (Wildman–Crippen LogP) is 12.7. The maximum absolute atomic E-state index is 2.65. The van der Waals surface area contributed by atoms with Gasteiger partial charge in [0.05, 0.1) is 0 Å². The molecule has 0 unspecified atom stereocenters. The van der Waals surface area contributed by atoms with E-state index in [1.54, 1.807) is 0 Å². The first-order chi connectivity index (χ1) is 26.1. The van der Waals surface area contributed by atoms with Crippen molar-refractivity contribution in [1.82, 2.24) is 0 Å². The van der Waals surface area contributed by atoms with Crippen molar-refractivity contribution < 1.29 is 0 Å². The van der Waals surface area contributed by atoms with Crippen molar-refractivity contribution in [2.75, 3.05) is 9.80 Å². The minimum Gasteiger partial charge on any atom is -0.311 e. The van der Waals surface area contributed by atoms with Crippen LogP contribution in [0.1, 0.15) is 94.7 Å². The first-order valence-electron chi connectivity index (χ1n) is 20.2. The van der Waals surface area contributed by atoms with Gasteiger partial charge < -0.3 is 9.80 Å². The molecule has 0 saturated carbocycles. The minimum atomic E-state index is 0.00574. The quantitative estimate of drug-likeness (QED) is 0.163. The lowest BCUT2D eigenvalue weighted by atomic mass is 9.33. The maximum Gasteiger partial charge on any atom is 0.252 e. The van der Waals surface area contributed by atoms with E-state index in [1.807, 2.05) is 11.3 Å². The molecule has 4 heteroatoms. The van der Waals surface area contributed by atoms with Crippen LogP contribution in [0.15, 0.2) is 103 Å². The monoisotopic (exact) mass is 734 g/mol. The third kappa shape index (κ3) is 5.06. The summed E-state index contributed by atoms with van der Waals surface area (Å²) in [4.78, 5) is 5.25. The molecule has 0 amide bonds. The van der Waals surface area contributed by atoms with E-state index in [0.717, 1.165) is 0 Å². The fraction of sp³-hybridized carbons (Fsp3) is 0.294. The Morgan fingerprint density at radius 1 is 0.545 bits per heavy atom. The van der Waals surface area contributed by atoms with Gasteiger partial charge in [-0.25, -0.2) is 0 Å². The lowest BCUT2D eigenvalue weighted by Crippen LogP contribution is -2.61. The molecule has 1 aromatic heterocycles. The van der Waals surface area contributed by atoms with Crippen molar-refractivity contribution in [2.45, 2.75) is 98.3 Å². The molecule has 55 heavy (non-hydrogen) atoms. The summed E-state index contributed by atoms with van der Waals surface area (Å²) < 4.78 is 2.68. The van der Waals surface area contributed by atoms with Crippen molar-refractivity contribution in [3.05, 3.63) is 137 Å². The summed E-state index contributed by atoms with van der Waals surface area (Å²) in [6.45, 7) is 23.8. The molecule has 0 radical (unpaired) electrons. The Labute approximate surface area is 331 Å². The van der Waals surface area contributed by atoms with E-state index in [-0.39, 0.29) is 23.0 Å². The third-order valence-corrected chi connectivity index (χ3v) is 14.5. The molecule has 274 valence electrons. The van der Waals surface area contributed by atoms with Gasteiger partial charge in [-0.15, -0.1) is 11.3 Å². The Morgan fingerprint density at radius 3 is 1.89 bits per heavy atom. The summed E-state index contributed by atoms with van der Waals surface area (Å²) in [5.41, 5.74) is 20.4. The Balaban J connectivity index is 1.34. The van der Waals surface area contributed by atoms with E-state index in [1.165, 1.54) is 117 Å². The highest BCUT2D eigenvalue weighted by Gasteiger charge is 2.45. The van der Waals surface area contributed by atoms with Crippen LogP contribution in [0.4, 0.5) is 34.1 Å². The van der Waals surface area contributed by atoms with E-state index in [0.29, 0.717) is 0 Å². The fourth-order valence-electron chi connectivity index (χ4n) is 10.1. The van der Waals surface area contributed by atoms with E-state index < -0.39 is 0 Å². The molecular weight excluding hydrogens is 683 g/mol. The van der Waals surface area contributed by atoms with Gasteiger partial charge in [-0.2, -0.15) is 0 Å². The Morgan fingerprint density at radius 2 is 1.18 bits per heavy atom. The summed E-state index contributed by atoms with van der Waals surface area (Å²) in [6, 6.07) is 40.4. The highest BCUT2D eigenvalue weighted by atomic mass is 32.1. The minimum absolute atomic E-state index is 0.00574. The SMILES string of the molecule is Cc1cc2c3c(c1)N(c1ccccc1C)c1cc4sc5ccccc5c4cc1B3c1cc(C(C)(C)C)ccc1N2c1cc2c(cc1C)C(C)(C)CCC2(C)C. The number of hydrogen-bond acceptors (Lipinski definition) is 3. The number of nitrogens with zero attached hydrogens (tertiary/aromatic N) is 2. The molecule has 7 aromatic rings. The zero-order chi connectivity index (χ0) is 38.3. The van der Waals surface area contributed by atoms with Crippen molar-refractivity contribution in [2.24, 2.45) is 0 Å². The second-order valence-electron chi connectivity index (χ2n) is 19.1. The molecule has 0 spiro atoms. The smallest absolute Gasteiger partial charge is 0.252 e. The number of thiophene rings is 1. The molecule has 0 N–H and O–H groups in total. The van der Waals surface area contributed by atoms with Crippen molar-refractivity contribution in [3.63, 3.8) is 0 Å². The number of anilines is 6. The molecular formula is C51H51BN2S. The number of hydrogen-bond donors (Lipinski definition) is 0. The van der Waals surface area contributed by atoms with Crippen molar-refractivity contribution in [1.29, 1.82) is 0 Å². The fourth-order valence-corrected chi connectivity index (χ4v) is 11.2. The van der Waals surface area contributed by atoms with Crippen LogP contribution in [0, 0.1) is 20.8 Å². The van der Waals surface area contributed by atoms with Crippen LogP contribution in [-0.4, -0.2) is 6.71 Å².